The van der Waals surface area contributed by atoms with Gasteiger partial charge in [0, 0.05) is 23.7 Å². The van der Waals surface area contributed by atoms with Gasteiger partial charge in [0.2, 0.25) is 11.8 Å². The van der Waals surface area contributed by atoms with E-state index in [4.69, 9.17) is 32.7 Å². The molecule has 0 aliphatic heterocycles. The van der Waals surface area contributed by atoms with Crippen molar-refractivity contribution in [1.82, 2.24) is 0 Å². The van der Waals surface area contributed by atoms with Crippen molar-refractivity contribution in [3.63, 3.8) is 0 Å². The van der Waals surface area contributed by atoms with Crippen LogP contribution < -0.4 is 20.1 Å². The van der Waals surface area contributed by atoms with E-state index in [1.54, 1.807) is 36.4 Å². The summed E-state index contributed by atoms with van der Waals surface area (Å²) in [5, 5.41) is 6.29. The average molecular weight is 397 g/mol. The Labute approximate surface area is 161 Å². The second-order valence-corrected chi connectivity index (χ2v) is 6.16. The van der Waals surface area contributed by atoms with Gasteiger partial charge in [0.1, 0.15) is 11.5 Å². The van der Waals surface area contributed by atoms with Gasteiger partial charge >= 0.3 is 0 Å². The Balaban J connectivity index is 1.96. The quantitative estimate of drug-likeness (QED) is 0.728. The molecule has 0 heterocycles. The van der Waals surface area contributed by atoms with Crippen molar-refractivity contribution in [3.8, 4) is 11.5 Å². The summed E-state index contributed by atoms with van der Waals surface area (Å²) in [5.74, 6) is 0.407. The number of halogens is 2. The third-order valence-corrected chi connectivity index (χ3v) is 3.82. The van der Waals surface area contributed by atoms with E-state index < -0.39 is 0 Å². The summed E-state index contributed by atoms with van der Waals surface area (Å²) in [6.07, 6.45) is 0.0936. The lowest BCUT2D eigenvalue weighted by molar-refractivity contribution is -0.116. The lowest BCUT2D eigenvalue weighted by Gasteiger charge is -2.13. The van der Waals surface area contributed by atoms with Crippen molar-refractivity contribution in [3.05, 3.63) is 46.4 Å². The zero-order valence-electron chi connectivity index (χ0n) is 14.3. The van der Waals surface area contributed by atoms with Crippen LogP contribution in [0.1, 0.15) is 13.3 Å². The molecule has 0 aliphatic rings. The minimum absolute atomic E-state index is 0.0936. The molecular weight excluding hydrogens is 379 g/mol. The summed E-state index contributed by atoms with van der Waals surface area (Å²) in [6.45, 7) is 1.53. The van der Waals surface area contributed by atoms with Crippen molar-refractivity contribution >= 4 is 46.4 Å². The van der Waals surface area contributed by atoms with Crippen LogP contribution in [0.15, 0.2) is 36.4 Å². The van der Waals surface area contributed by atoms with E-state index in [1.165, 1.54) is 14.0 Å². The molecule has 0 fully saturated rings. The van der Waals surface area contributed by atoms with E-state index in [1.807, 2.05) is 0 Å². The molecule has 2 aromatic carbocycles. The molecule has 0 bridgehead atoms. The van der Waals surface area contributed by atoms with Crippen LogP contribution in [0.3, 0.4) is 0 Å². The Morgan fingerprint density at radius 3 is 2.50 bits per heavy atom. The predicted molar refractivity (Wildman–Crippen MR) is 103 cm³/mol. The van der Waals surface area contributed by atoms with E-state index in [-0.39, 0.29) is 24.8 Å². The number of methoxy groups -OCH3 is 1. The van der Waals surface area contributed by atoms with Gasteiger partial charge in [-0.1, -0.05) is 23.2 Å². The molecule has 6 nitrogen and oxygen atoms in total. The summed E-state index contributed by atoms with van der Waals surface area (Å²) in [4.78, 5) is 23.3. The molecule has 26 heavy (non-hydrogen) atoms. The van der Waals surface area contributed by atoms with E-state index in [2.05, 4.69) is 10.6 Å². The Hall–Kier alpha value is -2.44. The second kappa shape index (κ2) is 9.31. The first-order valence-electron chi connectivity index (χ1n) is 7.72. The summed E-state index contributed by atoms with van der Waals surface area (Å²) < 4.78 is 10.7. The van der Waals surface area contributed by atoms with Crippen molar-refractivity contribution in [2.75, 3.05) is 24.4 Å². The molecule has 0 spiro atoms. The lowest BCUT2D eigenvalue weighted by Crippen LogP contribution is -2.16. The van der Waals surface area contributed by atoms with Gasteiger partial charge in [0.25, 0.3) is 0 Å². The van der Waals surface area contributed by atoms with Gasteiger partial charge in [-0.25, -0.2) is 0 Å². The van der Waals surface area contributed by atoms with Crippen LogP contribution in [0.25, 0.3) is 0 Å². The third kappa shape index (κ3) is 5.82. The monoisotopic (exact) mass is 396 g/mol. The smallest absolute Gasteiger partial charge is 0.227 e. The zero-order chi connectivity index (χ0) is 19.1. The molecule has 0 radical (unpaired) electrons. The fourth-order valence-corrected chi connectivity index (χ4v) is 2.48. The molecule has 2 aromatic rings. The SMILES string of the molecule is COc1ccc(NC(C)=O)cc1NC(=O)CCOc1cc(Cl)ccc1Cl. The summed E-state index contributed by atoms with van der Waals surface area (Å²) in [5.41, 5.74) is 1.00. The molecule has 138 valence electrons. The summed E-state index contributed by atoms with van der Waals surface area (Å²) >= 11 is 11.9. The minimum Gasteiger partial charge on any atom is -0.495 e. The summed E-state index contributed by atoms with van der Waals surface area (Å²) in [7, 11) is 1.49. The number of amides is 2. The van der Waals surface area contributed by atoms with Crippen molar-refractivity contribution in [2.45, 2.75) is 13.3 Å². The number of ether oxygens (including phenoxy) is 2. The number of carbonyl (C=O) groups excluding carboxylic acids is 2. The van der Waals surface area contributed by atoms with Crippen LogP contribution in [0.5, 0.6) is 11.5 Å². The molecule has 0 aliphatic carbocycles. The molecule has 0 aromatic heterocycles. The number of anilines is 2. The maximum atomic E-state index is 12.2. The number of hydrogen-bond donors (Lipinski definition) is 2. The van der Waals surface area contributed by atoms with Gasteiger partial charge in [0.15, 0.2) is 0 Å². The molecule has 2 rings (SSSR count). The van der Waals surface area contributed by atoms with E-state index >= 15 is 0 Å². The molecule has 0 saturated heterocycles. The standard InChI is InChI=1S/C18H18Cl2N2O4/c1-11(23)21-13-4-6-16(25-2)15(10-13)22-18(24)7-8-26-17-9-12(19)3-5-14(17)20/h3-6,9-10H,7-8H2,1-2H3,(H,21,23)(H,22,24). The number of hydrogen-bond acceptors (Lipinski definition) is 4. The first-order valence-corrected chi connectivity index (χ1v) is 8.48. The summed E-state index contributed by atoms with van der Waals surface area (Å²) in [6, 6.07) is 9.81. The minimum atomic E-state index is -0.276. The molecule has 2 amide bonds. The van der Waals surface area contributed by atoms with Crippen LogP contribution in [-0.2, 0) is 9.59 Å². The Bertz CT molecular complexity index is 812. The highest BCUT2D eigenvalue weighted by Gasteiger charge is 2.10. The van der Waals surface area contributed by atoms with Gasteiger partial charge in [-0.15, -0.1) is 0 Å². The lowest BCUT2D eigenvalue weighted by atomic mass is 10.2. The Morgan fingerprint density at radius 1 is 1.04 bits per heavy atom. The van der Waals surface area contributed by atoms with Crippen molar-refractivity contribution in [1.29, 1.82) is 0 Å². The first kappa shape index (κ1) is 19.9. The predicted octanol–water partition coefficient (Wildman–Crippen LogP) is 4.37. The first-order chi connectivity index (χ1) is 12.4. The van der Waals surface area contributed by atoms with Crippen molar-refractivity contribution < 1.29 is 19.1 Å². The molecule has 0 unspecified atom stereocenters. The molecule has 8 heteroatoms. The fraction of sp³-hybridized carbons (Fsp3) is 0.222. The van der Waals surface area contributed by atoms with Crippen molar-refractivity contribution in [2.24, 2.45) is 0 Å². The Kier molecular flexibility index (Phi) is 7.12. The number of nitrogens with one attached hydrogen (secondary N) is 2. The normalized spacial score (nSPS) is 10.2. The van der Waals surface area contributed by atoms with Crippen LogP contribution in [0.4, 0.5) is 11.4 Å². The number of rotatable bonds is 7. The highest BCUT2D eigenvalue weighted by atomic mass is 35.5. The average Bonchev–Trinajstić information content (AvgIpc) is 2.57. The van der Waals surface area contributed by atoms with Crippen LogP contribution in [0.2, 0.25) is 10.0 Å². The fourth-order valence-electron chi connectivity index (χ4n) is 2.14. The number of benzene rings is 2. The molecule has 2 N–H and O–H groups in total. The highest BCUT2D eigenvalue weighted by Crippen LogP contribution is 2.29. The molecule has 0 atom stereocenters. The van der Waals surface area contributed by atoms with Gasteiger partial charge in [-0.2, -0.15) is 0 Å². The maximum Gasteiger partial charge on any atom is 0.227 e. The van der Waals surface area contributed by atoms with Gasteiger partial charge in [0.05, 0.1) is 30.8 Å². The Morgan fingerprint density at radius 2 is 1.81 bits per heavy atom. The zero-order valence-corrected chi connectivity index (χ0v) is 15.8. The van der Waals surface area contributed by atoms with E-state index in [0.717, 1.165) is 0 Å². The van der Waals surface area contributed by atoms with E-state index in [9.17, 15) is 9.59 Å². The third-order valence-electron chi connectivity index (χ3n) is 3.27. The molecule has 0 saturated carbocycles. The van der Waals surface area contributed by atoms with Crippen LogP contribution in [0, 0.1) is 0 Å². The largest absolute Gasteiger partial charge is 0.495 e. The van der Waals surface area contributed by atoms with Gasteiger partial charge in [-0.05, 0) is 30.3 Å². The van der Waals surface area contributed by atoms with E-state index in [0.29, 0.717) is 32.9 Å². The molecular formula is C18H18Cl2N2O4. The van der Waals surface area contributed by atoms with Crippen LogP contribution in [-0.4, -0.2) is 25.5 Å². The topological polar surface area (TPSA) is 76.7 Å². The van der Waals surface area contributed by atoms with Gasteiger partial charge < -0.3 is 20.1 Å². The van der Waals surface area contributed by atoms with Crippen LogP contribution >= 0.6 is 23.2 Å². The van der Waals surface area contributed by atoms with Gasteiger partial charge in [-0.3, -0.25) is 9.59 Å². The maximum absolute atomic E-state index is 12.2. The second-order valence-electron chi connectivity index (χ2n) is 5.32. The number of carbonyl (C=O) groups is 2. The highest BCUT2D eigenvalue weighted by molar-refractivity contribution is 6.34.